The van der Waals surface area contributed by atoms with Gasteiger partial charge in [0.05, 0.1) is 15.8 Å². The van der Waals surface area contributed by atoms with E-state index in [-0.39, 0.29) is 5.91 Å². The molecule has 6 heteroatoms. The Morgan fingerprint density at radius 3 is 2.90 bits per heavy atom. The summed E-state index contributed by atoms with van der Waals surface area (Å²) < 4.78 is 0.739. The van der Waals surface area contributed by atoms with Crippen LogP contribution in [-0.2, 0) is 0 Å². The molecule has 0 bridgehead atoms. The van der Waals surface area contributed by atoms with Crippen molar-refractivity contribution in [3.63, 3.8) is 0 Å². The average molecular weight is 298 g/mol. The number of thiophene rings is 1. The van der Waals surface area contributed by atoms with E-state index in [0.29, 0.717) is 16.9 Å². The summed E-state index contributed by atoms with van der Waals surface area (Å²) in [7, 11) is 0. The van der Waals surface area contributed by atoms with Gasteiger partial charge in [0.25, 0.3) is 5.91 Å². The molecule has 0 aliphatic rings. The number of aromatic nitrogens is 2. The second-order valence-electron chi connectivity index (χ2n) is 4.86. The zero-order chi connectivity index (χ0) is 15.0. The average Bonchev–Trinajstić information content (AvgIpc) is 2.88. The third kappa shape index (κ3) is 2.45. The monoisotopic (exact) mass is 298 g/mol. The minimum Gasteiger partial charge on any atom is -0.382 e. The number of carbonyl (C=O) groups excluding carboxylic acids is 1. The molecule has 2 aromatic heterocycles. The Hall–Kier alpha value is -2.47. The molecule has 0 aliphatic carbocycles. The van der Waals surface area contributed by atoms with Gasteiger partial charge in [-0.2, -0.15) is 0 Å². The number of anilines is 2. The lowest BCUT2D eigenvalue weighted by molar-refractivity contribution is 0.102. The summed E-state index contributed by atoms with van der Waals surface area (Å²) in [6.07, 6.45) is 1.37. The van der Waals surface area contributed by atoms with Gasteiger partial charge in [-0.1, -0.05) is 12.1 Å². The molecule has 0 fully saturated rings. The number of nitrogens with one attached hydrogen (secondary N) is 1. The van der Waals surface area contributed by atoms with Gasteiger partial charge in [-0.15, -0.1) is 11.3 Å². The number of carbonyl (C=O) groups is 1. The number of fused-ring (bicyclic) bond motifs is 1. The van der Waals surface area contributed by atoms with Gasteiger partial charge in [-0.05, 0) is 31.0 Å². The first-order chi connectivity index (χ1) is 10.1. The summed E-state index contributed by atoms with van der Waals surface area (Å²) >= 11 is 1.38. The van der Waals surface area contributed by atoms with E-state index in [2.05, 4.69) is 15.3 Å². The lowest BCUT2D eigenvalue weighted by atomic mass is 10.1. The zero-order valence-corrected chi connectivity index (χ0v) is 12.5. The third-order valence-corrected chi connectivity index (χ3v) is 4.26. The molecule has 3 rings (SSSR count). The first-order valence-corrected chi connectivity index (χ1v) is 7.30. The largest absolute Gasteiger partial charge is 0.382 e. The standard InChI is InChI=1S/C15H14N4OS/c1-8-3-4-9(2)11(5-8)19-15(20)10-6-21-13-12(10)17-7-18-14(13)16/h3-7H,1-2H3,(H,19,20)(H2,16,17,18). The van der Waals surface area contributed by atoms with E-state index in [1.165, 1.54) is 17.7 Å². The van der Waals surface area contributed by atoms with Gasteiger partial charge in [-0.3, -0.25) is 4.79 Å². The summed E-state index contributed by atoms with van der Waals surface area (Å²) in [5, 5.41) is 4.69. The molecule has 3 aromatic rings. The molecule has 0 aliphatic heterocycles. The van der Waals surface area contributed by atoms with Crippen LogP contribution in [0.5, 0.6) is 0 Å². The number of rotatable bonds is 2. The smallest absolute Gasteiger partial charge is 0.258 e. The van der Waals surface area contributed by atoms with Crippen LogP contribution in [0.25, 0.3) is 10.2 Å². The number of benzene rings is 1. The zero-order valence-electron chi connectivity index (χ0n) is 11.7. The van der Waals surface area contributed by atoms with Crippen molar-refractivity contribution < 1.29 is 4.79 Å². The molecule has 21 heavy (non-hydrogen) atoms. The number of aryl methyl sites for hydroxylation is 2. The Morgan fingerprint density at radius 2 is 2.10 bits per heavy atom. The SMILES string of the molecule is Cc1ccc(C)c(NC(=O)c2csc3c(N)ncnc23)c1. The van der Waals surface area contributed by atoms with E-state index < -0.39 is 0 Å². The summed E-state index contributed by atoms with van der Waals surface area (Å²) in [6.45, 7) is 3.95. The van der Waals surface area contributed by atoms with Crippen molar-refractivity contribution >= 4 is 39.0 Å². The maximum atomic E-state index is 12.5. The van der Waals surface area contributed by atoms with Crippen LogP contribution in [-0.4, -0.2) is 15.9 Å². The second kappa shape index (κ2) is 5.14. The molecular formula is C15H14N4OS. The molecule has 0 radical (unpaired) electrons. The molecule has 0 unspecified atom stereocenters. The fourth-order valence-electron chi connectivity index (χ4n) is 2.09. The predicted octanol–water partition coefficient (Wildman–Crippen LogP) is 3.14. The van der Waals surface area contributed by atoms with Crippen molar-refractivity contribution in [3.8, 4) is 0 Å². The van der Waals surface area contributed by atoms with E-state index in [1.54, 1.807) is 5.38 Å². The highest BCUT2D eigenvalue weighted by Crippen LogP contribution is 2.28. The van der Waals surface area contributed by atoms with Crippen molar-refractivity contribution in [3.05, 3.63) is 46.6 Å². The van der Waals surface area contributed by atoms with Gasteiger partial charge >= 0.3 is 0 Å². The fourth-order valence-corrected chi connectivity index (χ4v) is 2.99. The van der Waals surface area contributed by atoms with Gasteiger partial charge in [0.1, 0.15) is 12.1 Å². The highest BCUT2D eigenvalue weighted by Gasteiger charge is 2.16. The van der Waals surface area contributed by atoms with Gasteiger partial charge in [-0.25, -0.2) is 9.97 Å². The van der Waals surface area contributed by atoms with Gasteiger partial charge in [0, 0.05) is 11.1 Å². The van der Waals surface area contributed by atoms with Gasteiger partial charge in [0.2, 0.25) is 0 Å². The predicted molar refractivity (Wildman–Crippen MR) is 85.7 cm³/mol. The van der Waals surface area contributed by atoms with Gasteiger partial charge in [0.15, 0.2) is 0 Å². The highest BCUT2D eigenvalue weighted by atomic mass is 32.1. The third-order valence-electron chi connectivity index (χ3n) is 3.27. The molecular weight excluding hydrogens is 284 g/mol. The maximum Gasteiger partial charge on any atom is 0.258 e. The Morgan fingerprint density at radius 1 is 1.29 bits per heavy atom. The maximum absolute atomic E-state index is 12.5. The van der Waals surface area contributed by atoms with Crippen molar-refractivity contribution in [1.29, 1.82) is 0 Å². The van der Waals surface area contributed by atoms with Crippen LogP contribution in [0.2, 0.25) is 0 Å². The number of hydrogen-bond donors (Lipinski definition) is 2. The Kier molecular flexibility index (Phi) is 3.31. The van der Waals surface area contributed by atoms with Crippen LogP contribution >= 0.6 is 11.3 Å². The topological polar surface area (TPSA) is 80.9 Å². The molecule has 2 heterocycles. The quantitative estimate of drug-likeness (QED) is 0.761. The molecule has 0 saturated carbocycles. The summed E-state index contributed by atoms with van der Waals surface area (Å²) in [5.74, 6) is 0.212. The minimum absolute atomic E-state index is 0.187. The minimum atomic E-state index is -0.187. The van der Waals surface area contributed by atoms with Crippen LogP contribution in [0.3, 0.4) is 0 Å². The number of hydrogen-bond acceptors (Lipinski definition) is 5. The Balaban J connectivity index is 1.98. The first kappa shape index (κ1) is 13.5. The number of amides is 1. The van der Waals surface area contributed by atoms with Crippen LogP contribution in [0, 0.1) is 13.8 Å². The first-order valence-electron chi connectivity index (χ1n) is 6.42. The van der Waals surface area contributed by atoms with Crippen molar-refractivity contribution in [1.82, 2.24) is 9.97 Å². The van der Waals surface area contributed by atoms with Crippen molar-refractivity contribution in [2.75, 3.05) is 11.1 Å². The van der Waals surface area contributed by atoms with Crippen molar-refractivity contribution in [2.24, 2.45) is 0 Å². The van der Waals surface area contributed by atoms with E-state index >= 15 is 0 Å². The van der Waals surface area contributed by atoms with Crippen LogP contribution in [0.1, 0.15) is 21.5 Å². The van der Waals surface area contributed by atoms with E-state index in [4.69, 9.17) is 5.73 Å². The molecule has 3 N–H and O–H groups in total. The van der Waals surface area contributed by atoms with E-state index in [1.807, 2.05) is 32.0 Å². The molecule has 0 atom stereocenters. The van der Waals surface area contributed by atoms with Crippen LogP contribution < -0.4 is 11.1 Å². The van der Waals surface area contributed by atoms with E-state index in [0.717, 1.165) is 21.5 Å². The normalized spacial score (nSPS) is 10.8. The second-order valence-corrected chi connectivity index (χ2v) is 5.74. The fraction of sp³-hybridized carbons (Fsp3) is 0.133. The lowest BCUT2D eigenvalue weighted by Gasteiger charge is -2.08. The highest BCUT2D eigenvalue weighted by molar-refractivity contribution is 7.18. The number of nitrogens with two attached hydrogens (primary N) is 1. The summed E-state index contributed by atoms with van der Waals surface area (Å²) in [6, 6.07) is 5.95. The molecule has 0 saturated heterocycles. The lowest BCUT2D eigenvalue weighted by Crippen LogP contribution is -2.12. The summed E-state index contributed by atoms with van der Waals surface area (Å²) in [4.78, 5) is 20.6. The molecule has 1 amide bonds. The molecule has 1 aromatic carbocycles. The molecule has 106 valence electrons. The Bertz CT molecular complexity index is 841. The Labute approximate surface area is 125 Å². The molecule has 0 spiro atoms. The number of nitrogens with zero attached hydrogens (tertiary/aromatic N) is 2. The van der Waals surface area contributed by atoms with Gasteiger partial charge < -0.3 is 11.1 Å². The number of nitrogen functional groups attached to an aromatic ring is 1. The summed E-state index contributed by atoms with van der Waals surface area (Å²) in [5.41, 5.74) is 9.82. The van der Waals surface area contributed by atoms with Crippen LogP contribution in [0.15, 0.2) is 29.9 Å². The molecule has 5 nitrogen and oxygen atoms in total. The van der Waals surface area contributed by atoms with Crippen LogP contribution in [0.4, 0.5) is 11.5 Å². The van der Waals surface area contributed by atoms with Crippen molar-refractivity contribution in [2.45, 2.75) is 13.8 Å². The van der Waals surface area contributed by atoms with E-state index in [9.17, 15) is 4.79 Å².